The van der Waals surface area contributed by atoms with Crippen LogP contribution in [0.5, 0.6) is 0 Å². The smallest absolute Gasteiger partial charge is 0.335 e. The van der Waals surface area contributed by atoms with Gasteiger partial charge in [0.1, 0.15) is 0 Å². The highest BCUT2D eigenvalue weighted by Crippen LogP contribution is 2.26. The highest BCUT2D eigenvalue weighted by molar-refractivity contribution is 6.33. The fraction of sp³-hybridized carbons (Fsp3) is 0.308. The lowest BCUT2D eigenvalue weighted by Crippen LogP contribution is -2.20. The van der Waals surface area contributed by atoms with Gasteiger partial charge in [0.15, 0.2) is 0 Å². The van der Waals surface area contributed by atoms with Crippen LogP contribution in [0.4, 0.5) is 5.69 Å². The molecule has 4 heteroatoms. The number of carboxylic acid groups (broad SMARTS) is 1. The number of halogens is 1. The van der Waals surface area contributed by atoms with E-state index in [4.69, 9.17) is 16.7 Å². The van der Waals surface area contributed by atoms with Gasteiger partial charge in [0.05, 0.1) is 16.3 Å². The van der Waals surface area contributed by atoms with Crippen molar-refractivity contribution in [2.24, 2.45) is 0 Å². The Morgan fingerprint density at radius 2 is 2.24 bits per heavy atom. The Hall–Kier alpha value is -1.48. The van der Waals surface area contributed by atoms with E-state index in [2.05, 4.69) is 17.5 Å². The van der Waals surface area contributed by atoms with Gasteiger partial charge in [0.2, 0.25) is 0 Å². The summed E-state index contributed by atoms with van der Waals surface area (Å²) in [6, 6.07) is 5.15. The molecule has 0 bridgehead atoms. The lowest BCUT2D eigenvalue weighted by Gasteiger charge is -2.21. The molecule has 2 N–H and O–H groups in total. The highest BCUT2D eigenvalue weighted by Gasteiger charge is 2.12. The summed E-state index contributed by atoms with van der Waals surface area (Å²) in [5.74, 6) is -0.959. The normalized spacial score (nSPS) is 19.0. The molecule has 1 aromatic rings. The average molecular weight is 252 g/mol. The van der Waals surface area contributed by atoms with Crippen molar-refractivity contribution in [3.05, 3.63) is 40.9 Å². The average Bonchev–Trinajstić information content (AvgIpc) is 2.33. The molecule has 2 rings (SSSR count). The second-order valence-electron chi connectivity index (χ2n) is 4.13. The fourth-order valence-corrected chi connectivity index (χ4v) is 2.14. The fourth-order valence-electron chi connectivity index (χ4n) is 1.91. The molecule has 0 saturated heterocycles. The monoisotopic (exact) mass is 251 g/mol. The molecule has 1 aliphatic rings. The summed E-state index contributed by atoms with van der Waals surface area (Å²) >= 11 is 6.05. The molecule has 3 nitrogen and oxygen atoms in total. The second kappa shape index (κ2) is 5.23. The molecule has 0 radical (unpaired) electrons. The Balaban J connectivity index is 2.11. The van der Waals surface area contributed by atoms with Crippen LogP contribution in [0.3, 0.4) is 0 Å². The molecular formula is C13H14ClNO2. The molecule has 0 amide bonds. The van der Waals surface area contributed by atoms with Gasteiger partial charge in [0.25, 0.3) is 0 Å². The van der Waals surface area contributed by atoms with E-state index in [0.29, 0.717) is 11.1 Å². The summed E-state index contributed by atoms with van der Waals surface area (Å²) in [6.45, 7) is 0. The number of carboxylic acids is 1. The van der Waals surface area contributed by atoms with Gasteiger partial charge in [0, 0.05) is 6.04 Å². The minimum Gasteiger partial charge on any atom is -0.478 e. The first-order chi connectivity index (χ1) is 8.16. The standard InChI is InChI=1S/C13H14ClNO2/c14-11-8-9(13(16)17)6-7-12(11)15-10-4-2-1-3-5-10/h1-2,6-8,10,15H,3-5H2,(H,16,17). The van der Waals surface area contributed by atoms with Crippen LogP contribution >= 0.6 is 11.6 Å². The Morgan fingerprint density at radius 3 is 2.82 bits per heavy atom. The van der Waals surface area contributed by atoms with Gasteiger partial charge in [-0.2, -0.15) is 0 Å². The molecule has 0 saturated carbocycles. The maximum atomic E-state index is 10.8. The molecule has 1 aromatic carbocycles. The van der Waals surface area contributed by atoms with Crippen LogP contribution in [-0.4, -0.2) is 17.1 Å². The first-order valence-corrected chi connectivity index (χ1v) is 5.99. The summed E-state index contributed by atoms with van der Waals surface area (Å²) in [5, 5.41) is 12.6. The van der Waals surface area contributed by atoms with Crippen molar-refractivity contribution < 1.29 is 9.90 Å². The van der Waals surface area contributed by atoms with Crippen LogP contribution in [-0.2, 0) is 0 Å². The Kier molecular flexibility index (Phi) is 3.69. The summed E-state index contributed by atoms with van der Waals surface area (Å²) in [4.78, 5) is 10.8. The Morgan fingerprint density at radius 1 is 1.41 bits per heavy atom. The number of nitrogens with one attached hydrogen (secondary N) is 1. The molecule has 0 aliphatic heterocycles. The van der Waals surface area contributed by atoms with E-state index >= 15 is 0 Å². The van der Waals surface area contributed by atoms with E-state index in [1.165, 1.54) is 6.07 Å². The molecule has 0 heterocycles. The predicted molar refractivity (Wildman–Crippen MR) is 68.8 cm³/mol. The van der Waals surface area contributed by atoms with Gasteiger partial charge >= 0.3 is 5.97 Å². The van der Waals surface area contributed by atoms with Gasteiger partial charge in [-0.1, -0.05) is 23.8 Å². The van der Waals surface area contributed by atoms with Crippen LogP contribution < -0.4 is 5.32 Å². The third-order valence-electron chi connectivity index (χ3n) is 2.84. The zero-order valence-electron chi connectivity index (χ0n) is 9.32. The lowest BCUT2D eigenvalue weighted by atomic mass is 10.0. The Labute approximate surface area is 105 Å². The highest BCUT2D eigenvalue weighted by atomic mass is 35.5. The SMILES string of the molecule is O=C(O)c1ccc(NC2CC=CCC2)c(Cl)c1. The molecule has 90 valence electrons. The zero-order chi connectivity index (χ0) is 12.3. The van der Waals surface area contributed by atoms with Crippen molar-refractivity contribution in [2.75, 3.05) is 5.32 Å². The van der Waals surface area contributed by atoms with Crippen molar-refractivity contribution in [3.63, 3.8) is 0 Å². The molecule has 1 aliphatic carbocycles. The van der Waals surface area contributed by atoms with E-state index in [-0.39, 0.29) is 5.56 Å². The van der Waals surface area contributed by atoms with E-state index < -0.39 is 5.97 Å². The van der Waals surface area contributed by atoms with Gasteiger partial charge in [-0.15, -0.1) is 0 Å². The molecule has 0 spiro atoms. The van der Waals surface area contributed by atoms with Crippen molar-refractivity contribution >= 4 is 23.3 Å². The van der Waals surface area contributed by atoms with Crippen molar-refractivity contribution in [1.82, 2.24) is 0 Å². The van der Waals surface area contributed by atoms with E-state index in [9.17, 15) is 4.79 Å². The van der Waals surface area contributed by atoms with Gasteiger partial charge < -0.3 is 10.4 Å². The maximum Gasteiger partial charge on any atom is 0.335 e. The number of rotatable bonds is 3. The summed E-state index contributed by atoms with van der Waals surface area (Å²) in [7, 11) is 0. The molecule has 17 heavy (non-hydrogen) atoms. The van der Waals surface area contributed by atoms with Crippen molar-refractivity contribution in [2.45, 2.75) is 25.3 Å². The minimum absolute atomic E-state index is 0.212. The first kappa shape index (κ1) is 12.0. The summed E-state index contributed by atoms with van der Waals surface area (Å²) in [5.41, 5.74) is 1.01. The molecule has 1 unspecified atom stereocenters. The van der Waals surface area contributed by atoms with Crippen LogP contribution in [0.15, 0.2) is 30.4 Å². The van der Waals surface area contributed by atoms with Gasteiger partial charge in [-0.3, -0.25) is 0 Å². The summed E-state index contributed by atoms with van der Waals surface area (Å²) < 4.78 is 0. The van der Waals surface area contributed by atoms with Crippen molar-refractivity contribution in [3.8, 4) is 0 Å². The minimum atomic E-state index is -0.959. The second-order valence-corrected chi connectivity index (χ2v) is 4.53. The van der Waals surface area contributed by atoms with Crippen LogP contribution in [0.25, 0.3) is 0 Å². The van der Waals surface area contributed by atoms with E-state index in [0.717, 1.165) is 24.9 Å². The van der Waals surface area contributed by atoms with Crippen LogP contribution in [0.2, 0.25) is 5.02 Å². The zero-order valence-corrected chi connectivity index (χ0v) is 10.1. The number of anilines is 1. The Bertz CT molecular complexity index is 457. The van der Waals surface area contributed by atoms with Gasteiger partial charge in [-0.05, 0) is 37.5 Å². The predicted octanol–water partition coefficient (Wildman–Crippen LogP) is 3.56. The third-order valence-corrected chi connectivity index (χ3v) is 3.16. The number of carbonyl (C=O) groups is 1. The molecular weight excluding hydrogens is 238 g/mol. The number of hydrogen-bond donors (Lipinski definition) is 2. The third kappa shape index (κ3) is 3.01. The quantitative estimate of drug-likeness (QED) is 0.808. The number of aromatic carboxylic acids is 1. The number of allylic oxidation sites excluding steroid dienone is 1. The van der Waals surface area contributed by atoms with E-state index in [1.54, 1.807) is 12.1 Å². The van der Waals surface area contributed by atoms with Gasteiger partial charge in [-0.25, -0.2) is 4.79 Å². The van der Waals surface area contributed by atoms with Crippen molar-refractivity contribution in [1.29, 1.82) is 0 Å². The molecule has 1 atom stereocenters. The topological polar surface area (TPSA) is 49.3 Å². The molecule has 0 aromatic heterocycles. The lowest BCUT2D eigenvalue weighted by molar-refractivity contribution is 0.0697. The largest absolute Gasteiger partial charge is 0.478 e. The van der Waals surface area contributed by atoms with Crippen LogP contribution in [0, 0.1) is 0 Å². The van der Waals surface area contributed by atoms with Crippen LogP contribution in [0.1, 0.15) is 29.6 Å². The summed E-state index contributed by atoms with van der Waals surface area (Å²) in [6.07, 6.45) is 7.46. The van der Waals surface area contributed by atoms with E-state index in [1.807, 2.05) is 0 Å². The first-order valence-electron chi connectivity index (χ1n) is 5.61. The molecule has 0 fully saturated rings. The maximum absolute atomic E-state index is 10.8. The number of hydrogen-bond acceptors (Lipinski definition) is 2. The number of benzene rings is 1.